The molecule has 0 bridgehead atoms. The SMILES string of the molecule is [CH2-]C(CC(C)(C)C)C(=O)C(C)(C)C.[CH2-]CN=[N+]=[N-].[Y]. The van der Waals surface area contributed by atoms with Gasteiger partial charge in [-0.3, -0.25) is 0 Å². The zero-order valence-corrected chi connectivity index (χ0v) is 16.1. The van der Waals surface area contributed by atoms with Crippen LogP contribution in [0.25, 0.3) is 10.4 Å². The predicted molar refractivity (Wildman–Crippen MR) is 76.8 cm³/mol. The fraction of sp³-hybridized carbons (Fsp3) is 0.786. The molecule has 19 heavy (non-hydrogen) atoms. The summed E-state index contributed by atoms with van der Waals surface area (Å²) in [5.74, 6) is 0.197. The van der Waals surface area contributed by atoms with Crippen LogP contribution in [-0.2, 0) is 37.5 Å². The van der Waals surface area contributed by atoms with Crippen LogP contribution in [-0.4, -0.2) is 12.3 Å². The molecule has 5 heteroatoms. The van der Waals surface area contributed by atoms with Crippen LogP contribution in [0.1, 0.15) is 48.0 Å². The zero-order chi connectivity index (χ0) is 15.0. The third-order valence-electron chi connectivity index (χ3n) is 2.13. The van der Waals surface area contributed by atoms with Crippen molar-refractivity contribution in [3.63, 3.8) is 0 Å². The first-order valence-electron chi connectivity index (χ1n) is 6.13. The summed E-state index contributed by atoms with van der Waals surface area (Å²) in [4.78, 5) is 14.2. The van der Waals surface area contributed by atoms with E-state index in [0.717, 1.165) is 6.42 Å². The van der Waals surface area contributed by atoms with Crippen LogP contribution in [0.15, 0.2) is 5.11 Å². The van der Waals surface area contributed by atoms with Crippen molar-refractivity contribution >= 4 is 5.78 Å². The van der Waals surface area contributed by atoms with Gasteiger partial charge in [0.15, 0.2) is 0 Å². The van der Waals surface area contributed by atoms with Crippen LogP contribution in [0.3, 0.4) is 0 Å². The van der Waals surface area contributed by atoms with E-state index >= 15 is 0 Å². The first-order valence-corrected chi connectivity index (χ1v) is 6.13. The van der Waals surface area contributed by atoms with Gasteiger partial charge in [-0.25, -0.2) is 0 Å². The van der Waals surface area contributed by atoms with E-state index in [2.05, 4.69) is 44.6 Å². The Morgan fingerprint density at radius 2 is 1.68 bits per heavy atom. The molecule has 0 saturated heterocycles. The Balaban J connectivity index is -0.000000366. The van der Waals surface area contributed by atoms with Crippen LogP contribution in [0, 0.1) is 30.6 Å². The molecule has 0 N–H and O–H groups in total. The molecule has 0 amide bonds. The van der Waals surface area contributed by atoms with Crippen molar-refractivity contribution in [3.05, 3.63) is 24.3 Å². The molecule has 0 heterocycles. The van der Waals surface area contributed by atoms with Gasteiger partial charge in [0, 0.05) is 38.1 Å². The fourth-order valence-electron chi connectivity index (χ4n) is 1.49. The molecule has 0 spiro atoms. The molecule has 0 aromatic rings. The average Bonchev–Trinajstić information content (AvgIpc) is 2.14. The third-order valence-corrected chi connectivity index (χ3v) is 2.13. The Morgan fingerprint density at radius 1 is 1.26 bits per heavy atom. The quantitative estimate of drug-likeness (QED) is 0.319. The Hall–Kier alpha value is 0.0839. The van der Waals surface area contributed by atoms with Gasteiger partial charge in [-0.15, -0.1) is 17.6 Å². The molecule has 0 saturated carbocycles. The van der Waals surface area contributed by atoms with Gasteiger partial charge in [-0.2, -0.15) is 0 Å². The maximum absolute atomic E-state index is 11.8. The minimum Gasteiger partial charge on any atom is -0.338 e. The smallest absolute Gasteiger partial charge is 0.111 e. The summed E-state index contributed by atoms with van der Waals surface area (Å²) in [5.41, 5.74) is 7.42. The summed E-state index contributed by atoms with van der Waals surface area (Å²) in [7, 11) is 0. The van der Waals surface area contributed by atoms with E-state index in [0.29, 0.717) is 6.54 Å². The van der Waals surface area contributed by atoms with Crippen molar-refractivity contribution in [2.45, 2.75) is 48.0 Å². The molecular formula is C14H27N3OY-2. The molecule has 4 nitrogen and oxygen atoms in total. The maximum Gasteiger partial charge on any atom is 0.111 e. The summed E-state index contributed by atoms with van der Waals surface area (Å²) in [6.45, 7) is 19.8. The molecule has 0 aliphatic heterocycles. The van der Waals surface area contributed by atoms with Crippen molar-refractivity contribution in [3.8, 4) is 0 Å². The number of Topliss-reactive ketones (excluding diaryl/α,β-unsaturated/α-hetero) is 1. The van der Waals surface area contributed by atoms with Crippen molar-refractivity contribution in [2.24, 2.45) is 21.9 Å². The second-order valence-corrected chi connectivity index (χ2v) is 6.53. The number of ketones is 1. The van der Waals surface area contributed by atoms with E-state index in [1.807, 2.05) is 20.8 Å². The summed E-state index contributed by atoms with van der Waals surface area (Å²) in [6.07, 6.45) is 0.864. The van der Waals surface area contributed by atoms with Gasteiger partial charge in [-0.1, -0.05) is 48.0 Å². The number of azide groups is 1. The summed E-state index contributed by atoms with van der Waals surface area (Å²) in [6, 6.07) is 0. The Labute approximate surface area is 143 Å². The van der Waals surface area contributed by atoms with E-state index in [1.165, 1.54) is 0 Å². The minimum absolute atomic E-state index is 0. The molecule has 1 radical (unpaired) electrons. The Bertz CT molecular complexity index is 297. The van der Waals surface area contributed by atoms with Gasteiger partial charge in [0.25, 0.3) is 0 Å². The normalized spacial score (nSPS) is 12.2. The number of rotatable bonds is 3. The van der Waals surface area contributed by atoms with Crippen LogP contribution >= 0.6 is 0 Å². The molecule has 0 aromatic carbocycles. The van der Waals surface area contributed by atoms with Crippen LogP contribution in [0.5, 0.6) is 0 Å². The number of nitrogens with zero attached hydrogens (tertiary/aromatic N) is 3. The van der Waals surface area contributed by atoms with E-state index in [-0.39, 0.29) is 55.2 Å². The van der Waals surface area contributed by atoms with Gasteiger partial charge in [0.05, 0.1) is 0 Å². The molecule has 1 atom stereocenters. The second-order valence-electron chi connectivity index (χ2n) is 6.53. The molecule has 0 rings (SSSR count). The Morgan fingerprint density at radius 3 is 1.84 bits per heavy atom. The van der Waals surface area contributed by atoms with Gasteiger partial charge in [0.1, 0.15) is 5.78 Å². The summed E-state index contributed by atoms with van der Waals surface area (Å²) >= 11 is 0. The van der Waals surface area contributed by atoms with Gasteiger partial charge in [-0.05, 0) is 15.9 Å². The van der Waals surface area contributed by atoms with Gasteiger partial charge < -0.3 is 18.6 Å². The minimum atomic E-state index is -0.252. The molecule has 0 fully saturated rings. The number of carbonyl (C=O) groups excluding carboxylic acids is 1. The van der Waals surface area contributed by atoms with Crippen molar-refractivity contribution in [1.82, 2.24) is 0 Å². The molecule has 0 aliphatic carbocycles. The van der Waals surface area contributed by atoms with Gasteiger partial charge in [0.2, 0.25) is 0 Å². The van der Waals surface area contributed by atoms with Crippen molar-refractivity contribution in [1.29, 1.82) is 0 Å². The molecule has 0 aliphatic rings. The Kier molecular flexibility index (Phi) is 13.7. The number of carbonyl (C=O) groups is 1. The van der Waals surface area contributed by atoms with Crippen LogP contribution < -0.4 is 0 Å². The monoisotopic (exact) mass is 342 g/mol. The average molecular weight is 342 g/mol. The molecule has 109 valence electrons. The first-order chi connectivity index (χ1) is 7.95. The van der Waals surface area contributed by atoms with E-state index in [9.17, 15) is 4.79 Å². The first kappa shape index (κ1) is 24.1. The standard InChI is InChI=1S/C12H23O.C2H4N3.Y/c1-9(8-11(2,3)4)10(13)12(5,6)7;1-2-4-5-3;/h9H,1,8H2,2-7H3;1-2H2;/q2*-1;. The largest absolute Gasteiger partial charge is 0.338 e. The maximum atomic E-state index is 11.8. The fourth-order valence-corrected chi connectivity index (χ4v) is 1.49. The predicted octanol–water partition coefficient (Wildman–Crippen LogP) is 4.62. The number of hydrogen-bond donors (Lipinski definition) is 0. The van der Waals surface area contributed by atoms with Crippen molar-refractivity contribution in [2.75, 3.05) is 6.54 Å². The summed E-state index contributed by atoms with van der Waals surface area (Å²) < 4.78 is 0. The molecule has 0 aromatic heterocycles. The topological polar surface area (TPSA) is 65.8 Å². The zero-order valence-electron chi connectivity index (χ0n) is 13.2. The van der Waals surface area contributed by atoms with Crippen LogP contribution in [0.4, 0.5) is 0 Å². The van der Waals surface area contributed by atoms with Crippen LogP contribution in [0.2, 0.25) is 0 Å². The molecule has 1 unspecified atom stereocenters. The van der Waals surface area contributed by atoms with E-state index in [4.69, 9.17) is 5.53 Å². The second kappa shape index (κ2) is 10.8. The third kappa shape index (κ3) is 16.0. The number of hydrogen-bond acceptors (Lipinski definition) is 2. The van der Waals surface area contributed by atoms with Gasteiger partial charge >= 0.3 is 0 Å². The van der Waals surface area contributed by atoms with Crippen molar-refractivity contribution < 1.29 is 37.5 Å². The van der Waals surface area contributed by atoms with E-state index < -0.39 is 0 Å². The molecular weight excluding hydrogens is 315 g/mol. The van der Waals surface area contributed by atoms with E-state index in [1.54, 1.807) is 0 Å². The summed E-state index contributed by atoms with van der Waals surface area (Å²) in [5, 5.41) is 3.04.